The number of hydrogen-bond donors (Lipinski definition) is 1. The molecule has 25 heavy (non-hydrogen) atoms. The number of aromatic nitrogens is 1. The number of carbonyl (C=O) groups excluding carboxylic acids is 1. The van der Waals surface area contributed by atoms with Gasteiger partial charge in [0.05, 0.1) is 0 Å². The van der Waals surface area contributed by atoms with E-state index in [4.69, 9.17) is 4.42 Å². The largest absolute Gasteiger partial charge is 0.423 e. The van der Waals surface area contributed by atoms with Crippen molar-refractivity contribution in [3.05, 3.63) is 18.2 Å². The van der Waals surface area contributed by atoms with Crippen LogP contribution in [0.1, 0.15) is 19.8 Å². The van der Waals surface area contributed by atoms with Crippen LogP contribution in [0.2, 0.25) is 0 Å². The second kappa shape index (κ2) is 6.22. The molecule has 0 radical (unpaired) electrons. The van der Waals surface area contributed by atoms with Crippen molar-refractivity contribution in [1.29, 1.82) is 0 Å². The number of piperazine rings is 1. The Morgan fingerprint density at radius 1 is 1.36 bits per heavy atom. The third kappa shape index (κ3) is 3.04. The summed E-state index contributed by atoms with van der Waals surface area (Å²) in [7, 11) is 3.77. The molecule has 0 saturated carbocycles. The van der Waals surface area contributed by atoms with Crippen LogP contribution >= 0.6 is 0 Å². The molecular weight excluding hydrogens is 318 g/mol. The molecule has 7 nitrogen and oxygen atoms in total. The fourth-order valence-corrected chi connectivity index (χ4v) is 3.85. The molecule has 7 heteroatoms. The Balaban J connectivity index is 1.49. The van der Waals surface area contributed by atoms with Crippen LogP contribution in [-0.4, -0.2) is 66.6 Å². The molecule has 0 aliphatic carbocycles. The second-order valence-electron chi connectivity index (χ2n) is 7.30. The van der Waals surface area contributed by atoms with E-state index in [1.807, 2.05) is 42.1 Å². The highest BCUT2D eigenvalue weighted by atomic mass is 16.4. The van der Waals surface area contributed by atoms with Crippen LogP contribution in [0.15, 0.2) is 22.6 Å². The summed E-state index contributed by atoms with van der Waals surface area (Å²) in [5.74, 6) is 0. The lowest BCUT2D eigenvalue weighted by Crippen LogP contribution is -2.57. The van der Waals surface area contributed by atoms with E-state index in [0.717, 1.165) is 24.3 Å². The normalized spacial score (nSPS) is 23.7. The molecule has 0 spiro atoms. The smallest absolute Gasteiger partial charge is 0.322 e. The zero-order chi connectivity index (χ0) is 17.6. The average Bonchev–Trinajstić information content (AvgIpc) is 3.19. The summed E-state index contributed by atoms with van der Waals surface area (Å²) in [5.41, 5.74) is 2.20. The van der Waals surface area contributed by atoms with E-state index in [-0.39, 0.29) is 12.1 Å². The third-order valence-corrected chi connectivity index (χ3v) is 5.21. The number of nitrogens with zero attached hydrogens (tertiary/aromatic N) is 4. The van der Waals surface area contributed by atoms with Crippen LogP contribution < -0.4 is 10.2 Å². The van der Waals surface area contributed by atoms with E-state index in [9.17, 15) is 4.79 Å². The van der Waals surface area contributed by atoms with Gasteiger partial charge in [-0.05, 0) is 38.4 Å². The van der Waals surface area contributed by atoms with Crippen molar-refractivity contribution in [1.82, 2.24) is 14.8 Å². The van der Waals surface area contributed by atoms with Gasteiger partial charge in [-0.2, -0.15) is 4.98 Å². The van der Waals surface area contributed by atoms with Gasteiger partial charge in [-0.3, -0.25) is 4.90 Å². The first-order chi connectivity index (χ1) is 12.0. The number of anilines is 2. The summed E-state index contributed by atoms with van der Waals surface area (Å²) in [6.45, 7) is 5.06. The van der Waals surface area contributed by atoms with Crippen LogP contribution in [0.3, 0.4) is 0 Å². The molecule has 0 unspecified atom stereocenters. The molecule has 2 aliphatic rings. The third-order valence-electron chi connectivity index (χ3n) is 5.21. The first-order valence-electron chi connectivity index (χ1n) is 8.91. The van der Waals surface area contributed by atoms with Crippen LogP contribution in [0, 0.1) is 0 Å². The molecule has 2 amide bonds. The van der Waals surface area contributed by atoms with Gasteiger partial charge in [0.25, 0.3) is 6.01 Å². The van der Waals surface area contributed by atoms with Crippen LogP contribution in [-0.2, 0) is 0 Å². The van der Waals surface area contributed by atoms with Crippen molar-refractivity contribution in [2.45, 2.75) is 31.8 Å². The van der Waals surface area contributed by atoms with Gasteiger partial charge in [0.15, 0.2) is 5.58 Å². The van der Waals surface area contributed by atoms with Gasteiger partial charge in [-0.1, -0.05) is 0 Å². The lowest BCUT2D eigenvalue weighted by atomic mass is 10.1. The average molecular weight is 343 g/mol. The summed E-state index contributed by atoms with van der Waals surface area (Å²) in [4.78, 5) is 23.5. The molecule has 0 bridgehead atoms. The summed E-state index contributed by atoms with van der Waals surface area (Å²) in [6, 6.07) is 6.85. The Hall–Kier alpha value is -2.28. The van der Waals surface area contributed by atoms with Gasteiger partial charge in [0.1, 0.15) is 5.52 Å². The second-order valence-corrected chi connectivity index (χ2v) is 7.30. The highest BCUT2D eigenvalue weighted by Gasteiger charge is 2.36. The molecule has 134 valence electrons. The monoisotopic (exact) mass is 343 g/mol. The summed E-state index contributed by atoms with van der Waals surface area (Å²) >= 11 is 0. The first kappa shape index (κ1) is 16.2. The van der Waals surface area contributed by atoms with Gasteiger partial charge in [-0.15, -0.1) is 0 Å². The Morgan fingerprint density at radius 3 is 3.00 bits per heavy atom. The summed E-state index contributed by atoms with van der Waals surface area (Å²) in [5, 5.41) is 3.02. The zero-order valence-electron chi connectivity index (χ0n) is 15.0. The zero-order valence-corrected chi connectivity index (χ0v) is 15.0. The Labute approximate surface area is 147 Å². The van der Waals surface area contributed by atoms with E-state index < -0.39 is 0 Å². The van der Waals surface area contributed by atoms with Crippen LogP contribution in [0.5, 0.6) is 0 Å². The maximum Gasteiger partial charge on any atom is 0.322 e. The lowest BCUT2D eigenvalue weighted by molar-refractivity contribution is 0.0861. The number of fused-ring (bicyclic) bond motifs is 2. The Morgan fingerprint density at radius 2 is 2.20 bits per heavy atom. The number of rotatable bonds is 2. The minimum Gasteiger partial charge on any atom is -0.423 e. The maximum atomic E-state index is 12.8. The predicted octanol–water partition coefficient (Wildman–Crippen LogP) is 2.59. The number of nitrogens with one attached hydrogen (secondary N) is 1. The van der Waals surface area contributed by atoms with Gasteiger partial charge >= 0.3 is 6.03 Å². The fourth-order valence-electron chi connectivity index (χ4n) is 3.85. The Bertz CT molecular complexity index is 787. The molecule has 2 fully saturated rings. The van der Waals surface area contributed by atoms with Crippen molar-refractivity contribution >= 4 is 28.8 Å². The van der Waals surface area contributed by atoms with E-state index in [1.165, 1.54) is 19.4 Å². The van der Waals surface area contributed by atoms with Gasteiger partial charge < -0.3 is 19.5 Å². The molecule has 2 aromatic rings. The number of oxazole rings is 1. The fraction of sp³-hybridized carbons (Fsp3) is 0.556. The molecule has 2 saturated heterocycles. The molecule has 3 heterocycles. The maximum absolute atomic E-state index is 12.8. The molecule has 2 aliphatic heterocycles. The van der Waals surface area contributed by atoms with E-state index in [1.54, 1.807) is 0 Å². The standard InChI is InChI=1S/C18H25N5O2/c1-12-10-22-8-4-5-14(22)11-23(12)17(24)19-13-6-7-15-16(9-13)25-18(20-15)21(2)3/h6-7,9,12,14H,4-5,8,10-11H2,1-3H3,(H,19,24)/t12-,14+/m0/s1. The van der Waals surface area contributed by atoms with Crippen molar-refractivity contribution in [2.24, 2.45) is 0 Å². The van der Waals surface area contributed by atoms with E-state index in [2.05, 4.69) is 22.1 Å². The molecule has 1 N–H and O–H groups in total. The van der Waals surface area contributed by atoms with E-state index >= 15 is 0 Å². The topological polar surface area (TPSA) is 64.8 Å². The predicted molar refractivity (Wildman–Crippen MR) is 98.1 cm³/mol. The summed E-state index contributed by atoms with van der Waals surface area (Å²) < 4.78 is 5.72. The number of amides is 2. The minimum absolute atomic E-state index is 0.0363. The van der Waals surface area contributed by atoms with Crippen LogP contribution in [0.25, 0.3) is 11.1 Å². The van der Waals surface area contributed by atoms with Crippen molar-refractivity contribution < 1.29 is 9.21 Å². The molecule has 2 atom stereocenters. The van der Waals surface area contributed by atoms with Crippen molar-refractivity contribution in [3.8, 4) is 0 Å². The van der Waals surface area contributed by atoms with Crippen LogP contribution in [0.4, 0.5) is 16.5 Å². The lowest BCUT2D eigenvalue weighted by Gasteiger charge is -2.42. The highest BCUT2D eigenvalue weighted by molar-refractivity contribution is 5.92. The first-order valence-corrected chi connectivity index (χ1v) is 8.91. The van der Waals surface area contributed by atoms with Gasteiger partial charge in [0.2, 0.25) is 0 Å². The molecule has 4 rings (SSSR count). The van der Waals surface area contributed by atoms with Gasteiger partial charge in [-0.25, -0.2) is 4.79 Å². The van der Waals surface area contributed by atoms with Gasteiger partial charge in [0, 0.05) is 51.0 Å². The molecule has 1 aromatic heterocycles. The SMILES string of the molecule is C[C@H]1CN2CCC[C@@H]2CN1C(=O)Nc1ccc2nc(N(C)C)oc2c1. The molecular formula is C18H25N5O2. The molecule has 1 aromatic carbocycles. The number of hydrogen-bond acceptors (Lipinski definition) is 5. The highest BCUT2D eigenvalue weighted by Crippen LogP contribution is 2.26. The van der Waals surface area contributed by atoms with E-state index in [0.29, 0.717) is 17.6 Å². The van der Waals surface area contributed by atoms with Crippen molar-refractivity contribution in [3.63, 3.8) is 0 Å². The summed E-state index contributed by atoms with van der Waals surface area (Å²) in [6.07, 6.45) is 2.43. The quantitative estimate of drug-likeness (QED) is 0.908. The Kier molecular flexibility index (Phi) is 4.03. The number of urea groups is 1. The van der Waals surface area contributed by atoms with Crippen molar-refractivity contribution in [2.75, 3.05) is 43.9 Å². The minimum atomic E-state index is -0.0363. The number of benzene rings is 1. The number of carbonyl (C=O) groups is 1.